The summed E-state index contributed by atoms with van der Waals surface area (Å²) in [5.41, 5.74) is 2.74. The highest BCUT2D eigenvalue weighted by Crippen LogP contribution is 2.22. The number of halogens is 1. The number of H-pyrrole nitrogens is 1. The molecule has 2 aromatic carbocycles. The Bertz CT molecular complexity index is 846. The van der Waals surface area contributed by atoms with Crippen molar-refractivity contribution in [1.82, 2.24) is 10.2 Å². The molecule has 0 bridgehead atoms. The van der Waals surface area contributed by atoms with Gasteiger partial charge in [0.25, 0.3) is 0 Å². The van der Waals surface area contributed by atoms with Gasteiger partial charge in [-0.1, -0.05) is 23.7 Å². The summed E-state index contributed by atoms with van der Waals surface area (Å²) in [6, 6.07) is 17.0. The maximum atomic E-state index is 5.91. The third-order valence-electron chi connectivity index (χ3n) is 3.40. The summed E-state index contributed by atoms with van der Waals surface area (Å²) < 4.78 is 5.41. The van der Waals surface area contributed by atoms with Crippen molar-refractivity contribution in [2.75, 3.05) is 17.2 Å². The topological polar surface area (TPSA) is 62.0 Å². The van der Waals surface area contributed by atoms with E-state index in [-0.39, 0.29) is 0 Å². The monoisotopic (exact) mass is 372 g/mol. The van der Waals surface area contributed by atoms with Gasteiger partial charge in [-0.05, 0) is 61.1 Å². The second-order valence-electron chi connectivity index (χ2n) is 5.21. The van der Waals surface area contributed by atoms with Gasteiger partial charge in [0.1, 0.15) is 5.75 Å². The van der Waals surface area contributed by atoms with Crippen LogP contribution in [0.15, 0.2) is 54.6 Å². The second kappa shape index (κ2) is 8.00. The maximum absolute atomic E-state index is 5.91. The zero-order chi connectivity index (χ0) is 17.6. The molecule has 128 valence electrons. The molecule has 1 aromatic heterocycles. The molecule has 0 aliphatic rings. The molecule has 0 amide bonds. The lowest BCUT2D eigenvalue weighted by atomic mass is 10.1. The van der Waals surface area contributed by atoms with Crippen LogP contribution in [0.3, 0.4) is 0 Å². The number of hydrogen-bond acceptors (Lipinski definition) is 3. The number of nitrogens with zero attached hydrogens (tertiary/aromatic N) is 1. The van der Waals surface area contributed by atoms with E-state index in [1.54, 1.807) is 0 Å². The summed E-state index contributed by atoms with van der Waals surface area (Å²) in [4.78, 5) is 0. The van der Waals surface area contributed by atoms with E-state index in [0.29, 0.717) is 22.6 Å². The van der Waals surface area contributed by atoms with Crippen LogP contribution in [-0.2, 0) is 0 Å². The fraction of sp³-hybridized carbons (Fsp3) is 0.111. The number of thiocarbonyl (C=S) groups is 1. The Morgan fingerprint density at radius 3 is 2.52 bits per heavy atom. The van der Waals surface area contributed by atoms with E-state index in [2.05, 4.69) is 20.8 Å². The van der Waals surface area contributed by atoms with Crippen molar-refractivity contribution in [3.05, 3.63) is 59.6 Å². The van der Waals surface area contributed by atoms with Crippen LogP contribution in [0.5, 0.6) is 5.75 Å². The molecule has 5 nitrogen and oxygen atoms in total. The van der Waals surface area contributed by atoms with Crippen molar-refractivity contribution in [1.29, 1.82) is 0 Å². The third kappa shape index (κ3) is 4.71. The fourth-order valence-electron chi connectivity index (χ4n) is 2.24. The first-order valence-corrected chi connectivity index (χ1v) is 8.55. The summed E-state index contributed by atoms with van der Waals surface area (Å²) in [5, 5.41) is 14.5. The molecule has 3 N–H and O–H groups in total. The number of aromatic nitrogens is 2. The number of ether oxygens (including phenoxy) is 1. The Morgan fingerprint density at radius 2 is 1.84 bits per heavy atom. The molecule has 0 unspecified atom stereocenters. The van der Waals surface area contributed by atoms with Crippen LogP contribution < -0.4 is 15.4 Å². The van der Waals surface area contributed by atoms with Crippen LogP contribution in [0.1, 0.15) is 6.92 Å². The first-order valence-electron chi connectivity index (χ1n) is 7.76. The van der Waals surface area contributed by atoms with E-state index < -0.39 is 0 Å². The number of rotatable bonds is 5. The molecule has 7 heteroatoms. The van der Waals surface area contributed by atoms with Gasteiger partial charge in [0.2, 0.25) is 0 Å². The van der Waals surface area contributed by atoms with Crippen LogP contribution >= 0.6 is 23.8 Å². The van der Waals surface area contributed by atoms with Crippen LogP contribution in [0.25, 0.3) is 11.3 Å². The zero-order valence-electron chi connectivity index (χ0n) is 13.5. The van der Waals surface area contributed by atoms with Gasteiger partial charge in [-0.15, -0.1) is 0 Å². The molecule has 0 radical (unpaired) electrons. The van der Waals surface area contributed by atoms with Crippen LogP contribution in [-0.4, -0.2) is 21.9 Å². The Balaban J connectivity index is 1.60. The van der Waals surface area contributed by atoms with Crippen LogP contribution in [0.2, 0.25) is 5.02 Å². The fourth-order valence-corrected chi connectivity index (χ4v) is 2.59. The lowest BCUT2D eigenvalue weighted by molar-refractivity contribution is 0.340. The van der Waals surface area contributed by atoms with Crippen molar-refractivity contribution < 1.29 is 4.74 Å². The summed E-state index contributed by atoms with van der Waals surface area (Å²) in [6.45, 7) is 2.59. The van der Waals surface area contributed by atoms with Gasteiger partial charge in [-0.2, -0.15) is 5.10 Å². The van der Waals surface area contributed by atoms with E-state index in [1.807, 2.05) is 61.5 Å². The molecule has 0 aliphatic heterocycles. The van der Waals surface area contributed by atoms with Gasteiger partial charge < -0.3 is 15.4 Å². The smallest absolute Gasteiger partial charge is 0.176 e. The Kier molecular flexibility index (Phi) is 5.53. The highest BCUT2D eigenvalue weighted by Gasteiger charge is 2.06. The molecule has 0 saturated heterocycles. The summed E-state index contributed by atoms with van der Waals surface area (Å²) in [5.74, 6) is 1.46. The van der Waals surface area contributed by atoms with E-state index in [0.717, 1.165) is 22.7 Å². The van der Waals surface area contributed by atoms with Crippen LogP contribution in [0, 0.1) is 0 Å². The van der Waals surface area contributed by atoms with Gasteiger partial charge in [-0.3, -0.25) is 5.10 Å². The van der Waals surface area contributed by atoms with Gasteiger partial charge in [0.15, 0.2) is 10.9 Å². The maximum Gasteiger partial charge on any atom is 0.176 e. The number of benzene rings is 2. The molecule has 1 heterocycles. The number of anilines is 2. The van der Waals surface area contributed by atoms with Crippen molar-refractivity contribution in [2.45, 2.75) is 6.92 Å². The molecule has 3 rings (SSSR count). The molecule has 3 aromatic rings. The zero-order valence-corrected chi connectivity index (χ0v) is 15.1. The Morgan fingerprint density at radius 1 is 1.12 bits per heavy atom. The average Bonchev–Trinajstić information content (AvgIpc) is 3.06. The molecule has 25 heavy (non-hydrogen) atoms. The van der Waals surface area contributed by atoms with E-state index in [9.17, 15) is 0 Å². The SMILES string of the molecule is CCOc1ccc(NC(=S)Nc2cc(-c3ccc(Cl)cc3)[nH]n2)cc1. The van der Waals surface area contributed by atoms with Crippen molar-refractivity contribution >= 4 is 40.4 Å². The van der Waals surface area contributed by atoms with Crippen molar-refractivity contribution in [3.63, 3.8) is 0 Å². The number of nitrogens with one attached hydrogen (secondary N) is 3. The Labute approximate surface area is 156 Å². The number of hydrogen-bond donors (Lipinski definition) is 3. The lowest BCUT2D eigenvalue weighted by Gasteiger charge is -2.09. The average molecular weight is 373 g/mol. The van der Waals surface area contributed by atoms with Gasteiger partial charge in [0, 0.05) is 16.8 Å². The van der Waals surface area contributed by atoms with E-state index in [4.69, 9.17) is 28.6 Å². The van der Waals surface area contributed by atoms with Crippen molar-refractivity contribution in [3.8, 4) is 17.0 Å². The van der Waals surface area contributed by atoms with Gasteiger partial charge >= 0.3 is 0 Å². The molecular formula is C18H17ClN4OS. The third-order valence-corrected chi connectivity index (χ3v) is 3.85. The summed E-state index contributed by atoms with van der Waals surface area (Å²) in [7, 11) is 0. The van der Waals surface area contributed by atoms with Gasteiger partial charge in [-0.25, -0.2) is 0 Å². The minimum atomic E-state index is 0.457. The largest absolute Gasteiger partial charge is 0.494 e. The molecular weight excluding hydrogens is 356 g/mol. The second-order valence-corrected chi connectivity index (χ2v) is 6.05. The quantitative estimate of drug-likeness (QED) is 0.554. The van der Waals surface area contributed by atoms with E-state index in [1.165, 1.54) is 0 Å². The first kappa shape index (κ1) is 17.3. The minimum Gasteiger partial charge on any atom is -0.494 e. The lowest BCUT2D eigenvalue weighted by Crippen LogP contribution is -2.19. The number of aromatic amines is 1. The Hall–Kier alpha value is -2.57. The normalized spacial score (nSPS) is 10.3. The molecule has 0 fully saturated rings. The predicted octanol–water partition coefficient (Wildman–Crippen LogP) is 4.94. The summed E-state index contributed by atoms with van der Waals surface area (Å²) >= 11 is 11.2. The van der Waals surface area contributed by atoms with Gasteiger partial charge in [0.05, 0.1) is 12.3 Å². The predicted molar refractivity (Wildman–Crippen MR) is 106 cm³/mol. The molecule has 0 spiro atoms. The van der Waals surface area contributed by atoms with Crippen LogP contribution in [0.4, 0.5) is 11.5 Å². The first-order chi connectivity index (χ1) is 12.1. The molecule has 0 aliphatic carbocycles. The summed E-state index contributed by atoms with van der Waals surface area (Å²) in [6.07, 6.45) is 0. The van der Waals surface area contributed by atoms with Crippen molar-refractivity contribution in [2.24, 2.45) is 0 Å². The highest BCUT2D eigenvalue weighted by molar-refractivity contribution is 7.80. The standard InChI is InChI=1S/C18H17ClN4OS/c1-2-24-15-9-7-14(8-10-15)20-18(25)21-17-11-16(22-23-17)12-3-5-13(19)6-4-12/h3-11H,2H2,1H3,(H3,20,21,22,23,25). The molecule has 0 atom stereocenters. The highest BCUT2D eigenvalue weighted by atomic mass is 35.5. The minimum absolute atomic E-state index is 0.457. The van der Waals surface area contributed by atoms with E-state index >= 15 is 0 Å². The molecule has 0 saturated carbocycles.